The molecule has 7 heteroatoms. The van der Waals surface area contributed by atoms with Crippen LogP contribution in [0.3, 0.4) is 0 Å². The fourth-order valence-electron chi connectivity index (χ4n) is 2.28. The second-order valence-corrected chi connectivity index (χ2v) is 5.03. The second-order valence-electron chi connectivity index (χ2n) is 5.03. The van der Waals surface area contributed by atoms with E-state index in [-0.39, 0.29) is 36.8 Å². The van der Waals surface area contributed by atoms with Crippen molar-refractivity contribution in [3.63, 3.8) is 0 Å². The van der Waals surface area contributed by atoms with Crippen molar-refractivity contribution >= 4 is 17.8 Å². The number of rotatable bonds is 7. The first-order valence-electron chi connectivity index (χ1n) is 7.49. The molecular weight excluding hydrogens is 274 g/mol. The smallest absolute Gasteiger partial charge is 0.309 e. The van der Waals surface area contributed by atoms with Crippen molar-refractivity contribution in [1.29, 1.82) is 0 Å². The molecule has 0 aromatic carbocycles. The van der Waals surface area contributed by atoms with Gasteiger partial charge in [-0.15, -0.1) is 0 Å². The summed E-state index contributed by atoms with van der Waals surface area (Å²) >= 11 is 0. The van der Waals surface area contributed by atoms with E-state index in [9.17, 15) is 14.4 Å². The average molecular weight is 299 g/mol. The lowest BCUT2D eigenvalue weighted by molar-refractivity contribution is -0.149. The monoisotopic (exact) mass is 299 g/mol. The summed E-state index contributed by atoms with van der Waals surface area (Å²) in [4.78, 5) is 36.5. The first-order chi connectivity index (χ1) is 10.1. The van der Waals surface area contributed by atoms with Crippen LogP contribution in [0.25, 0.3) is 0 Å². The lowest BCUT2D eigenvalue weighted by Crippen LogP contribution is -2.45. The van der Waals surface area contributed by atoms with E-state index >= 15 is 0 Å². The maximum absolute atomic E-state index is 11.7. The number of esters is 1. The molecule has 1 aliphatic rings. The first-order valence-corrected chi connectivity index (χ1v) is 7.49. The molecule has 2 amide bonds. The Kier molecular flexibility index (Phi) is 7.74. The first kappa shape index (κ1) is 17.4. The maximum Gasteiger partial charge on any atom is 0.309 e. The predicted molar refractivity (Wildman–Crippen MR) is 77.5 cm³/mol. The highest BCUT2D eigenvalue weighted by atomic mass is 16.5. The van der Waals surface area contributed by atoms with Crippen LogP contribution in [0.4, 0.5) is 0 Å². The van der Waals surface area contributed by atoms with Gasteiger partial charge in [0.15, 0.2) is 0 Å². The van der Waals surface area contributed by atoms with Gasteiger partial charge in [-0.1, -0.05) is 0 Å². The highest BCUT2D eigenvalue weighted by molar-refractivity contribution is 5.85. The van der Waals surface area contributed by atoms with Gasteiger partial charge in [-0.3, -0.25) is 19.3 Å². The van der Waals surface area contributed by atoms with Gasteiger partial charge in [0.25, 0.3) is 0 Å². The van der Waals surface area contributed by atoms with Gasteiger partial charge in [0.1, 0.15) is 0 Å². The van der Waals surface area contributed by atoms with Crippen LogP contribution in [0, 0.1) is 5.92 Å². The normalized spacial score (nSPS) is 16.3. The summed E-state index contributed by atoms with van der Waals surface area (Å²) < 4.78 is 5.00. The second kappa shape index (κ2) is 9.33. The van der Waals surface area contributed by atoms with Crippen LogP contribution in [0.5, 0.6) is 0 Å². The van der Waals surface area contributed by atoms with Gasteiger partial charge in [0.2, 0.25) is 11.8 Å². The Hall–Kier alpha value is -1.63. The van der Waals surface area contributed by atoms with Crippen LogP contribution < -0.4 is 10.6 Å². The van der Waals surface area contributed by atoms with Gasteiger partial charge >= 0.3 is 5.97 Å². The maximum atomic E-state index is 11.7. The van der Waals surface area contributed by atoms with Gasteiger partial charge in [0.05, 0.1) is 25.6 Å². The zero-order valence-corrected chi connectivity index (χ0v) is 12.8. The van der Waals surface area contributed by atoms with E-state index in [2.05, 4.69) is 10.6 Å². The van der Waals surface area contributed by atoms with E-state index in [0.29, 0.717) is 39.1 Å². The topological polar surface area (TPSA) is 87.7 Å². The summed E-state index contributed by atoms with van der Waals surface area (Å²) in [6.45, 7) is 6.23. The molecule has 1 aliphatic heterocycles. The third kappa shape index (κ3) is 6.57. The zero-order chi connectivity index (χ0) is 15.7. The van der Waals surface area contributed by atoms with E-state index in [1.807, 2.05) is 11.8 Å². The van der Waals surface area contributed by atoms with Gasteiger partial charge in [-0.2, -0.15) is 0 Å². The highest BCUT2D eigenvalue weighted by Gasteiger charge is 2.26. The summed E-state index contributed by atoms with van der Waals surface area (Å²) in [5.74, 6) is -0.555. The van der Waals surface area contributed by atoms with Gasteiger partial charge < -0.3 is 15.4 Å². The van der Waals surface area contributed by atoms with E-state index in [4.69, 9.17) is 4.74 Å². The standard InChI is InChI=1S/C14H25N3O4/c1-3-15-12(18)9-16-13(19)10-17-7-5-11(6-8-17)14(20)21-4-2/h11H,3-10H2,1-2H3,(H,15,18)(H,16,19). The van der Waals surface area contributed by atoms with E-state index in [1.54, 1.807) is 6.92 Å². The molecule has 0 bridgehead atoms. The molecule has 0 saturated carbocycles. The Balaban J connectivity index is 2.21. The number of carbonyl (C=O) groups is 3. The zero-order valence-electron chi connectivity index (χ0n) is 12.8. The Bertz CT molecular complexity index is 365. The lowest BCUT2D eigenvalue weighted by atomic mass is 9.97. The number of nitrogens with one attached hydrogen (secondary N) is 2. The summed E-state index contributed by atoms with van der Waals surface area (Å²) in [5, 5.41) is 5.20. The Morgan fingerprint density at radius 2 is 1.76 bits per heavy atom. The molecule has 0 unspecified atom stereocenters. The molecule has 1 fully saturated rings. The van der Waals surface area contributed by atoms with Gasteiger partial charge in [0, 0.05) is 6.54 Å². The number of nitrogens with zero attached hydrogens (tertiary/aromatic N) is 1. The molecule has 0 aromatic heterocycles. The lowest BCUT2D eigenvalue weighted by Gasteiger charge is -2.30. The molecule has 21 heavy (non-hydrogen) atoms. The third-order valence-corrected chi connectivity index (χ3v) is 3.39. The van der Waals surface area contributed by atoms with E-state index < -0.39 is 0 Å². The third-order valence-electron chi connectivity index (χ3n) is 3.39. The molecule has 120 valence electrons. The van der Waals surface area contributed by atoms with Crippen molar-refractivity contribution in [2.45, 2.75) is 26.7 Å². The summed E-state index contributed by atoms with van der Waals surface area (Å²) in [7, 11) is 0. The molecule has 0 aromatic rings. The van der Waals surface area contributed by atoms with Crippen molar-refractivity contribution in [3.8, 4) is 0 Å². The molecule has 7 nitrogen and oxygen atoms in total. The van der Waals surface area contributed by atoms with Crippen molar-refractivity contribution in [2.24, 2.45) is 5.92 Å². The minimum absolute atomic E-state index is 0.00592. The number of likely N-dealkylation sites (N-methyl/N-ethyl adjacent to an activating group) is 1. The van der Waals surface area contributed by atoms with Crippen LogP contribution in [0.1, 0.15) is 26.7 Å². The average Bonchev–Trinajstić information content (AvgIpc) is 2.46. The number of carbonyl (C=O) groups excluding carboxylic acids is 3. The number of likely N-dealkylation sites (tertiary alicyclic amines) is 1. The van der Waals surface area contributed by atoms with Crippen LogP contribution in [-0.4, -0.2) is 62.0 Å². The molecular formula is C14H25N3O4. The van der Waals surface area contributed by atoms with Crippen LogP contribution in [0.15, 0.2) is 0 Å². The van der Waals surface area contributed by atoms with Gasteiger partial charge in [-0.05, 0) is 39.8 Å². The molecule has 1 saturated heterocycles. The Morgan fingerprint density at radius 1 is 1.10 bits per heavy atom. The molecule has 1 rings (SSSR count). The molecule has 0 aliphatic carbocycles. The number of piperidine rings is 1. The van der Waals surface area contributed by atoms with E-state index in [1.165, 1.54) is 0 Å². The quantitative estimate of drug-likeness (QED) is 0.620. The number of hydrogen-bond donors (Lipinski definition) is 2. The summed E-state index contributed by atoms with van der Waals surface area (Å²) in [6, 6.07) is 0. The fourth-order valence-corrected chi connectivity index (χ4v) is 2.28. The highest BCUT2D eigenvalue weighted by Crippen LogP contribution is 2.18. The minimum atomic E-state index is -0.188. The summed E-state index contributed by atoms with van der Waals surface area (Å²) in [6.07, 6.45) is 1.42. The number of ether oxygens (including phenoxy) is 1. The predicted octanol–water partition coefficient (Wildman–Crippen LogP) is -0.486. The van der Waals surface area contributed by atoms with Crippen molar-refractivity contribution in [2.75, 3.05) is 39.3 Å². The molecule has 0 radical (unpaired) electrons. The SMILES string of the molecule is CCNC(=O)CNC(=O)CN1CCC(C(=O)OCC)CC1. The van der Waals surface area contributed by atoms with E-state index in [0.717, 1.165) is 0 Å². The minimum Gasteiger partial charge on any atom is -0.466 e. The molecule has 2 N–H and O–H groups in total. The largest absolute Gasteiger partial charge is 0.466 e. The molecule has 1 heterocycles. The number of amides is 2. The Morgan fingerprint density at radius 3 is 2.33 bits per heavy atom. The van der Waals surface area contributed by atoms with Crippen LogP contribution in [-0.2, 0) is 19.1 Å². The van der Waals surface area contributed by atoms with Crippen LogP contribution >= 0.6 is 0 Å². The van der Waals surface area contributed by atoms with Crippen molar-refractivity contribution in [1.82, 2.24) is 15.5 Å². The number of hydrogen-bond acceptors (Lipinski definition) is 5. The molecule has 0 atom stereocenters. The van der Waals surface area contributed by atoms with Crippen molar-refractivity contribution in [3.05, 3.63) is 0 Å². The van der Waals surface area contributed by atoms with Gasteiger partial charge in [-0.25, -0.2) is 0 Å². The molecule has 0 spiro atoms. The summed E-state index contributed by atoms with van der Waals surface area (Å²) in [5.41, 5.74) is 0. The Labute approximate surface area is 125 Å². The van der Waals surface area contributed by atoms with Crippen LogP contribution in [0.2, 0.25) is 0 Å². The van der Waals surface area contributed by atoms with Crippen molar-refractivity contribution < 1.29 is 19.1 Å². The fraction of sp³-hybridized carbons (Fsp3) is 0.786.